The molecule has 4 atom stereocenters. The molecule has 76 valence electrons. The normalized spacial score (nSPS) is 51.5. The van der Waals surface area contributed by atoms with E-state index in [9.17, 15) is 5.11 Å². The predicted octanol–water partition coefficient (Wildman–Crippen LogP) is 2.97. The summed E-state index contributed by atoms with van der Waals surface area (Å²) in [6.45, 7) is 4.66. The van der Waals surface area contributed by atoms with Gasteiger partial charge in [0.25, 0.3) is 0 Å². The monoisotopic (exact) mass is 182 g/mol. The molecule has 0 aliphatic heterocycles. The van der Waals surface area contributed by atoms with Crippen molar-refractivity contribution in [3.63, 3.8) is 0 Å². The second-order valence-corrected chi connectivity index (χ2v) is 5.38. The first kappa shape index (κ1) is 9.51. The lowest BCUT2D eigenvalue weighted by atomic mass is 9.55. The van der Waals surface area contributed by atoms with Gasteiger partial charge in [-0.05, 0) is 42.9 Å². The van der Waals surface area contributed by atoms with E-state index in [1.807, 2.05) is 0 Å². The minimum absolute atomic E-state index is 0.0284. The van der Waals surface area contributed by atoms with Crippen LogP contribution in [0.3, 0.4) is 0 Å². The molecular weight excluding hydrogens is 160 g/mol. The quantitative estimate of drug-likeness (QED) is 0.610. The van der Waals surface area contributed by atoms with Gasteiger partial charge in [0.2, 0.25) is 0 Å². The van der Waals surface area contributed by atoms with Crippen LogP contribution in [0, 0.1) is 17.3 Å². The Balaban J connectivity index is 2.17. The van der Waals surface area contributed by atoms with Gasteiger partial charge in [-0.3, -0.25) is 0 Å². The number of aliphatic hydroxyl groups excluding tert-OH is 1. The summed E-state index contributed by atoms with van der Waals surface area (Å²) < 4.78 is 0. The molecule has 0 aromatic carbocycles. The van der Waals surface area contributed by atoms with E-state index >= 15 is 0 Å². The van der Waals surface area contributed by atoms with Crippen LogP contribution in [0.25, 0.3) is 0 Å². The van der Waals surface area contributed by atoms with Crippen LogP contribution in [0.2, 0.25) is 0 Å². The average Bonchev–Trinajstić information content (AvgIpc) is 2.13. The van der Waals surface area contributed by atoms with E-state index in [2.05, 4.69) is 13.8 Å². The summed E-state index contributed by atoms with van der Waals surface area (Å²) in [4.78, 5) is 0. The van der Waals surface area contributed by atoms with Crippen molar-refractivity contribution < 1.29 is 5.11 Å². The predicted molar refractivity (Wildman–Crippen MR) is 54.5 cm³/mol. The van der Waals surface area contributed by atoms with Crippen molar-refractivity contribution in [3.8, 4) is 0 Å². The number of fused-ring (bicyclic) bond motifs is 1. The van der Waals surface area contributed by atoms with Crippen molar-refractivity contribution in [2.45, 2.75) is 58.5 Å². The molecule has 2 saturated carbocycles. The summed E-state index contributed by atoms with van der Waals surface area (Å²) in [5, 5.41) is 9.88. The lowest BCUT2D eigenvalue weighted by molar-refractivity contribution is -0.0689. The molecule has 0 saturated heterocycles. The molecule has 2 aliphatic carbocycles. The van der Waals surface area contributed by atoms with E-state index in [0.29, 0.717) is 11.3 Å². The second-order valence-electron chi connectivity index (χ2n) is 5.38. The minimum atomic E-state index is -0.0284. The zero-order valence-electron chi connectivity index (χ0n) is 8.92. The molecule has 1 unspecified atom stereocenters. The highest BCUT2D eigenvalue weighted by Gasteiger charge is 2.46. The topological polar surface area (TPSA) is 20.2 Å². The molecule has 1 N–H and O–H groups in total. The molecule has 0 aromatic rings. The molecular formula is C12H22O. The third-order valence-electron chi connectivity index (χ3n) is 4.88. The standard InChI is InChI=1S/C12H22O/c1-9-11(13)7-6-10-5-3-4-8-12(9,10)2/h9-11,13H,3-8H2,1-2H3/t9-,10?,11+,12+/m0/s1. The Morgan fingerprint density at radius 3 is 2.69 bits per heavy atom. The Labute approximate surface area is 81.5 Å². The molecule has 0 bridgehead atoms. The molecule has 2 aliphatic rings. The largest absolute Gasteiger partial charge is 0.393 e. The molecule has 0 radical (unpaired) electrons. The molecule has 2 fully saturated rings. The highest BCUT2D eigenvalue weighted by molar-refractivity contribution is 4.96. The summed E-state index contributed by atoms with van der Waals surface area (Å²) in [6.07, 6.45) is 7.83. The third kappa shape index (κ3) is 1.41. The molecule has 0 aromatic heterocycles. The first-order valence-corrected chi connectivity index (χ1v) is 5.82. The third-order valence-corrected chi connectivity index (χ3v) is 4.88. The van der Waals surface area contributed by atoms with Crippen LogP contribution in [-0.4, -0.2) is 11.2 Å². The van der Waals surface area contributed by atoms with Crippen LogP contribution in [0.5, 0.6) is 0 Å². The fourth-order valence-corrected chi connectivity index (χ4v) is 3.57. The maximum Gasteiger partial charge on any atom is 0.0571 e. The van der Waals surface area contributed by atoms with Gasteiger partial charge in [-0.1, -0.05) is 26.7 Å². The molecule has 0 spiro atoms. The van der Waals surface area contributed by atoms with Gasteiger partial charge in [0.1, 0.15) is 0 Å². The lowest BCUT2D eigenvalue weighted by Gasteiger charge is -2.51. The summed E-state index contributed by atoms with van der Waals surface area (Å²) >= 11 is 0. The summed E-state index contributed by atoms with van der Waals surface area (Å²) in [5.74, 6) is 1.42. The minimum Gasteiger partial charge on any atom is -0.393 e. The number of hydrogen-bond acceptors (Lipinski definition) is 1. The fourth-order valence-electron chi connectivity index (χ4n) is 3.57. The molecule has 1 nitrogen and oxygen atoms in total. The Hall–Kier alpha value is -0.0400. The van der Waals surface area contributed by atoms with Crippen LogP contribution in [-0.2, 0) is 0 Å². The maximum atomic E-state index is 9.88. The van der Waals surface area contributed by atoms with Gasteiger partial charge in [-0.15, -0.1) is 0 Å². The fraction of sp³-hybridized carbons (Fsp3) is 1.00. The molecule has 13 heavy (non-hydrogen) atoms. The van der Waals surface area contributed by atoms with Crippen LogP contribution in [0.4, 0.5) is 0 Å². The van der Waals surface area contributed by atoms with Crippen LogP contribution < -0.4 is 0 Å². The van der Waals surface area contributed by atoms with E-state index in [1.165, 1.54) is 32.1 Å². The Morgan fingerprint density at radius 2 is 1.92 bits per heavy atom. The van der Waals surface area contributed by atoms with Crippen LogP contribution >= 0.6 is 0 Å². The smallest absolute Gasteiger partial charge is 0.0571 e. The van der Waals surface area contributed by atoms with E-state index in [0.717, 1.165) is 12.3 Å². The second kappa shape index (κ2) is 3.27. The van der Waals surface area contributed by atoms with E-state index < -0.39 is 0 Å². The summed E-state index contributed by atoms with van der Waals surface area (Å²) in [6, 6.07) is 0. The van der Waals surface area contributed by atoms with Crippen LogP contribution in [0.1, 0.15) is 52.4 Å². The zero-order valence-corrected chi connectivity index (χ0v) is 8.92. The molecule has 0 amide bonds. The van der Waals surface area contributed by atoms with E-state index in [1.54, 1.807) is 0 Å². The highest BCUT2D eigenvalue weighted by atomic mass is 16.3. The summed E-state index contributed by atoms with van der Waals surface area (Å²) in [7, 11) is 0. The van der Waals surface area contributed by atoms with Crippen molar-refractivity contribution in [2.75, 3.05) is 0 Å². The van der Waals surface area contributed by atoms with Gasteiger partial charge in [0.05, 0.1) is 6.10 Å². The van der Waals surface area contributed by atoms with Crippen molar-refractivity contribution in [1.29, 1.82) is 0 Å². The van der Waals surface area contributed by atoms with Crippen LogP contribution in [0.15, 0.2) is 0 Å². The van der Waals surface area contributed by atoms with Gasteiger partial charge < -0.3 is 5.11 Å². The molecule has 1 heteroatoms. The zero-order chi connectivity index (χ0) is 9.47. The molecule has 0 heterocycles. The van der Waals surface area contributed by atoms with Crippen molar-refractivity contribution >= 4 is 0 Å². The van der Waals surface area contributed by atoms with Gasteiger partial charge in [0, 0.05) is 0 Å². The van der Waals surface area contributed by atoms with Crippen molar-refractivity contribution in [3.05, 3.63) is 0 Å². The number of rotatable bonds is 0. The SMILES string of the molecule is C[C@H]1[C@H](O)CCC2CCCC[C@@]21C. The Bertz CT molecular complexity index is 186. The average molecular weight is 182 g/mol. The van der Waals surface area contributed by atoms with Gasteiger partial charge >= 0.3 is 0 Å². The Morgan fingerprint density at radius 1 is 1.15 bits per heavy atom. The first-order chi connectivity index (χ1) is 6.14. The van der Waals surface area contributed by atoms with Crippen molar-refractivity contribution in [2.24, 2.45) is 17.3 Å². The number of hydrogen-bond donors (Lipinski definition) is 1. The maximum absolute atomic E-state index is 9.88. The summed E-state index contributed by atoms with van der Waals surface area (Å²) in [5.41, 5.74) is 0.454. The van der Waals surface area contributed by atoms with Gasteiger partial charge in [-0.2, -0.15) is 0 Å². The highest BCUT2D eigenvalue weighted by Crippen LogP contribution is 2.52. The van der Waals surface area contributed by atoms with Crippen molar-refractivity contribution in [1.82, 2.24) is 0 Å². The first-order valence-electron chi connectivity index (χ1n) is 5.82. The van der Waals surface area contributed by atoms with E-state index in [-0.39, 0.29) is 6.10 Å². The Kier molecular flexibility index (Phi) is 2.39. The molecule has 2 rings (SSSR count). The van der Waals surface area contributed by atoms with Gasteiger partial charge in [0.15, 0.2) is 0 Å². The lowest BCUT2D eigenvalue weighted by Crippen LogP contribution is -2.46. The van der Waals surface area contributed by atoms with E-state index in [4.69, 9.17) is 0 Å². The van der Waals surface area contributed by atoms with Gasteiger partial charge in [-0.25, -0.2) is 0 Å². The number of aliphatic hydroxyl groups is 1.